The molecule has 0 fully saturated rings. The second kappa shape index (κ2) is 9.00. The van der Waals surface area contributed by atoms with Crippen LogP contribution in [0.4, 0.5) is 5.13 Å². The quantitative estimate of drug-likeness (QED) is 0.544. The van der Waals surface area contributed by atoms with Crippen molar-refractivity contribution in [1.29, 1.82) is 0 Å². The number of rotatable bonds is 9. The number of carbonyl (C=O) groups excluding carboxylic acids is 1. The Morgan fingerprint density at radius 3 is 2.81 bits per heavy atom. The molecular weight excluding hydrogens is 386 g/mol. The van der Waals surface area contributed by atoms with Crippen molar-refractivity contribution in [1.82, 2.24) is 29.5 Å². The van der Waals surface area contributed by atoms with Crippen LogP contribution in [-0.2, 0) is 17.9 Å². The molecule has 0 aliphatic heterocycles. The minimum atomic E-state index is -0.129. The monoisotopic (exact) mass is 407 g/mol. The van der Waals surface area contributed by atoms with Crippen LogP contribution in [0.5, 0.6) is 5.88 Å². The molecule has 0 unspecified atom stereocenters. The first-order valence-corrected chi connectivity index (χ1v) is 10.5. The van der Waals surface area contributed by atoms with E-state index in [1.807, 2.05) is 41.6 Å². The largest absolute Gasteiger partial charge is 0.476 e. The fourth-order valence-electron chi connectivity index (χ4n) is 2.41. The van der Waals surface area contributed by atoms with Crippen molar-refractivity contribution in [3.63, 3.8) is 0 Å². The van der Waals surface area contributed by atoms with Crippen molar-refractivity contribution >= 4 is 34.1 Å². The van der Waals surface area contributed by atoms with E-state index in [0.717, 1.165) is 12.1 Å². The van der Waals surface area contributed by atoms with E-state index in [2.05, 4.69) is 25.6 Å². The average Bonchev–Trinajstić information content (AvgIpc) is 3.39. The lowest BCUT2D eigenvalue weighted by molar-refractivity contribution is -0.113. The minimum Gasteiger partial charge on any atom is -0.476 e. The van der Waals surface area contributed by atoms with E-state index in [9.17, 15) is 4.79 Å². The SMILES string of the molecule is CCOc1nn(CC)cc1-c1nnc(SCC(=O)Nc2nccs2)n1CC. The molecule has 1 amide bonds. The van der Waals surface area contributed by atoms with Gasteiger partial charge in [-0.05, 0) is 20.8 Å². The predicted molar refractivity (Wildman–Crippen MR) is 105 cm³/mol. The van der Waals surface area contributed by atoms with Gasteiger partial charge in [-0.2, -0.15) is 0 Å². The van der Waals surface area contributed by atoms with E-state index in [-0.39, 0.29) is 11.7 Å². The Balaban J connectivity index is 1.77. The molecule has 3 aromatic heterocycles. The summed E-state index contributed by atoms with van der Waals surface area (Å²) in [5.41, 5.74) is 0.798. The lowest BCUT2D eigenvalue weighted by Gasteiger charge is -2.07. The zero-order valence-corrected chi connectivity index (χ0v) is 17.0. The molecule has 3 aromatic rings. The molecule has 11 heteroatoms. The third kappa shape index (κ3) is 4.48. The summed E-state index contributed by atoms with van der Waals surface area (Å²) in [4.78, 5) is 16.1. The Labute approximate surface area is 165 Å². The van der Waals surface area contributed by atoms with Crippen LogP contribution in [0.25, 0.3) is 11.4 Å². The zero-order valence-electron chi connectivity index (χ0n) is 15.4. The predicted octanol–water partition coefficient (Wildman–Crippen LogP) is 2.77. The van der Waals surface area contributed by atoms with E-state index >= 15 is 0 Å². The van der Waals surface area contributed by atoms with E-state index in [4.69, 9.17) is 4.74 Å². The van der Waals surface area contributed by atoms with Gasteiger partial charge in [-0.1, -0.05) is 11.8 Å². The Morgan fingerprint density at radius 2 is 2.15 bits per heavy atom. The fraction of sp³-hybridized carbons (Fsp3) is 0.438. The van der Waals surface area contributed by atoms with Crippen molar-refractivity contribution < 1.29 is 9.53 Å². The van der Waals surface area contributed by atoms with Gasteiger partial charge in [0.05, 0.1) is 12.4 Å². The molecule has 1 N–H and O–H groups in total. The number of ether oxygens (including phenoxy) is 1. The molecule has 0 saturated carbocycles. The molecule has 0 atom stereocenters. The van der Waals surface area contributed by atoms with Crippen LogP contribution in [0.3, 0.4) is 0 Å². The van der Waals surface area contributed by atoms with Crippen LogP contribution in [-0.4, -0.2) is 47.8 Å². The van der Waals surface area contributed by atoms with Gasteiger partial charge < -0.3 is 14.6 Å². The molecule has 0 saturated heterocycles. The van der Waals surface area contributed by atoms with E-state index in [1.165, 1.54) is 23.1 Å². The van der Waals surface area contributed by atoms with Crippen LogP contribution in [0.1, 0.15) is 20.8 Å². The average molecular weight is 408 g/mol. The normalized spacial score (nSPS) is 10.9. The fourth-order valence-corrected chi connectivity index (χ4v) is 3.76. The number of amides is 1. The number of hydrogen-bond donors (Lipinski definition) is 1. The van der Waals surface area contributed by atoms with Gasteiger partial charge in [0.2, 0.25) is 11.8 Å². The van der Waals surface area contributed by atoms with E-state index < -0.39 is 0 Å². The highest BCUT2D eigenvalue weighted by Gasteiger charge is 2.20. The highest BCUT2D eigenvalue weighted by atomic mass is 32.2. The summed E-state index contributed by atoms with van der Waals surface area (Å²) in [5, 5.41) is 18.8. The maximum Gasteiger partial charge on any atom is 0.243 e. The van der Waals surface area contributed by atoms with Crippen LogP contribution < -0.4 is 10.1 Å². The number of hydrogen-bond acceptors (Lipinski definition) is 8. The maximum absolute atomic E-state index is 12.1. The Bertz CT molecular complexity index is 889. The number of thioether (sulfide) groups is 1. The number of nitrogens with one attached hydrogen (secondary N) is 1. The smallest absolute Gasteiger partial charge is 0.243 e. The molecule has 0 aliphatic rings. The second-order valence-corrected chi connectivity index (χ2v) is 7.20. The molecule has 0 radical (unpaired) electrons. The van der Waals surface area contributed by atoms with Gasteiger partial charge >= 0.3 is 0 Å². The van der Waals surface area contributed by atoms with Gasteiger partial charge in [-0.15, -0.1) is 26.6 Å². The van der Waals surface area contributed by atoms with Crippen molar-refractivity contribution in [3.8, 4) is 17.3 Å². The summed E-state index contributed by atoms with van der Waals surface area (Å²) in [6, 6.07) is 0. The first kappa shape index (κ1) is 19.4. The molecule has 144 valence electrons. The summed E-state index contributed by atoms with van der Waals surface area (Å²) in [6.45, 7) is 7.87. The Kier molecular flexibility index (Phi) is 6.45. The summed E-state index contributed by atoms with van der Waals surface area (Å²) >= 11 is 2.72. The number of aromatic nitrogens is 6. The summed E-state index contributed by atoms with van der Waals surface area (Å²) in [5.74, 6) is 1.32. The molecule has 27 heavy (non-hydrogen) atoms. The third-order valence-corrected chi connectivity index (χ3v) is 5.27. The van der Waals surface area contributed by atoms with Crippen molar-refractivity contribution in [2.45, 2.75) is 39.0 Å². The van der Waals surface area contributed by atoms with Gasteiger partial charge in [-0.25, -0.2) is 4.98 Å². The number of thiazole rings is 1. The molecule has 0 bridgehead atoms. The first-order valence-electron chi connectivity index (χ1n) is 8.62. The van der Waals surface area contributed by atoms with E-state index in [0.29, 0.717) is 35.1 Å². The lowest BCUT2D eigenvalue weighted by Crippen LogP contribution is -2.14. The van der Waals surface area contributed by atoms with Crippen molar-refractivity contribution in [3.05, 3.63) is 17.8 Å². The van der Waals surface area contributed by atoms with Crippen LogP contribution in [0.15, 0.2) is 22.9 Å². The number of carbonyl (C=O) groups is 1. The number of nitrogens with zero attached hydrogens (tertiary/aromatic N) is 6. The van der Waals surface area contributed by atoms with E-state index in [1.54, 1.807) is 6.20 Å². The van der Waals surface area contributed by atoms with Gasteiger partial charge in [0.15, 0.2) is 16.1 Å². The topological polar surface area (TPSA) is 99.8 Å². The maximum atomic E-state index is 12.1. The summed E-state index contributed by atoms with van der Waals surface area (Å²) < 4.78 is 9.42. The second-order valence-electron chi connectivity index (χ2n) is 5.36. The molecule has 3 heterocycles. The van der Waals surface area contributed by atoms with Crippen LogP contribution >= 0.6 is 23.1 Å². The molecule has 3 rings (SSSR count). The molecule has 0 spiro atoms. The molecule has 0 aliphatic carbocycles. The standard InChI is InChI=1S/C16H21N7O2S2/c1-4-22-9-11(14(21-22)25-6-3)13-19-20-16(23(13)5-2)27-10-12(24)18-15-17-7-8-26-15/h7-9H,4-6,10H2,1-3H3,(H,17,18,24). The van der Waals surface area contributed by atoms with Crippen molar-refractivity contribution in [2.75, 3.05) is 17.7 Å². The van der Waals surface area contributed by atoms with Gasteiger partial charge in [-0.3, -0.25) is 9.48 Å². The Hall–Kier alpha value is -2.40. The molecular formula is C16H21N7O2S2. The highest BCUT2D eigenvalue weighted by molar-refractivity contribution is 7.99. The zero-order chi connectivity index (χ0) is 19.2. The number of aryl methyl sites for hydroxylation is 1. The first-order chi connectivity index (χ1) is 13.2. The van der Waals surface area contributed by atoms with Gasteiger partial charge in [0, 0.05) is 30.9 Å². The minimum absolute atomic E-state index is 0.129. The summed E-state index contributed by atoms with van der Waals surface area (Å²) in [6.07, 6.45) is 3.56. The van der Waals surface area contributed by atoms with Gasteiger partial charge in [0.25, 0.3) is 0 Å². The third-order valence-electron chi connectivity index (χ3n) is 3.62. The van der Waals surface area contributed by atoms with Crippen LogP contribution in [0.2, 0.25) is 0 Å². The lowest BCUT2D eigenvalue weighted by atomic mass is 10.3. The van der Waals surface area contributed by atoms with Crippen LogP contribution in [0, 0.1) is 0 Å². The van der Waals surface area contributed by atoms with Gasteiger partial charge in [0.1, 0.15) is 5.56 Å². The highest BCUT2D eigenvalue weighted by Crippen LogP contribution is 2.30. The van der Waals surface area contributed by atoms with Crippen molar-refractivity contribution in [2.24, 2.45) is 0 Å². The summed E-state index contributed by atoms with van der Waals surface area (Å²) in [7, 11) is 0. The molecule has 0 aromatic carbocycles. The Morgan fingerprint density at radius 1 is 1.30 bits per heavy atom. The molecule has 9 nitrogen and oxygen atoms in total. The number of anilines is 1.